The molecule has 0 unspecified atom stereocenters. The smallest absolute Gasteiger partial charge is 0.416 e. The number of carbonyl (C=O) groups is 1. The zero-order valence-corrected chi connectivity index (χ0v) is 21.4. The van der Waals surface area contributed by atoms with Gasteiger partial charge >= 0.3 is 6.09 Å². The Labute approximate surface area is 224 Å². The van der Waals surface area contributed by atoms with Crippen molar-refractivity contribution in [3.8, 4) is 11.5 Å². The van der Waals surface area contributed by atoms with Gasteiger partial charge in [-0.05, 0) is 72.1 Å². The number of H-pyrrole nitrogens is 1. The van der Waals surface area contributed by atoms with Gasteiger partial charge < -0.3 is 24.7 Å². The predicted molar refractivity (Wildman–Crippen MR) is 143 cm³/mol. The number of nitrogens with zero attached hydrogens (tertiary/aromatic N) is 1. The number of ether oxygens (including phenoxy) is 2. The van der Waals surface area contributed by atoms with Gasteiger partial charge in [0.25, 0.3) is 0 Å². The Bertz CT molecular complexity index is 1390. The third-order valence-electron chi connectivity index (χ3n) is 6.47. The number of benzene rings is 3. The van der Waals surface area contributed by atoms with Crippen molar-refractivity contribution in [3.63, 3.8) is 0 Å². The van der Waals surface area contributed by atoms with Gasteiger partial charge in [0.2, 0.25) is 0 Å². The first-order valence-electron chi connectivity index (χ1n) is 12.0. The van der Waals surface area contributed by atoms with Crippen LogP contribution in [0, 0.1) is 0 Å². The summed E-state index contributed by atoms with van der Waals surface area (Å²) in [5, 5.41) is 20.8. The molecule has 4 aromatic rings. The first-order chi connectivity index (χ1) is 17.9. The van der Waals surface area contributed by atoms with Crippen LogP contribution in [0.3, 0.4) is 0 Å². The Morgan fingerprint density at radius 3 is 2.46 bits per heavy atom. The second-order valence-electron chi connectivity index (χ2n) is 8.92. The summed E-state index contributed by atoms with van der Waals surface area (Å²) in [5.41, 5.74) is 3.87. The van der Waals surface area contributed by atoms with Gasteiger partial charge in [-0.15, -0.1) is 0 Å². The van der Waals surface area contributed by atoms with Crippen LogP contribution in [-0.2, 0) is 6.42 Å². The predicted octanol–water partition coefficient (Wildman–Crippen LogP) is 5.74. The topological polar surface area (TPSA) is 95.0 Å². The van der Waals surface area contributed by atoms with Crippen LogP contribution in [0.2, 0.25) is 10.0 Å². The van der Waals surface area contributed by atoms with Crippen molar-refractivity contribution in [2.45, 2.75) is 25.0 Å². The first kappa shape index (κ1) is 25.4. The molecule has 0 bridgehead atoms. The van der Waals surface area contributed by atoms with Crippen molar-refractivity contribution in [2.24, 2.45) is 0 Å². The minimum atomic E-state index is -0.810. The highest BCUT2D eigenvalue weighted by Gasteiger charge is 2.35. The van der Waals surface area contributed by atoms with Crippen molar-refractivity contribution in [1.82, 2.24) is 9.88 Å². The van der Waals surface area contributed by atoms with Crippen LogP contribution in [0.15, 0.2) is 66.7 Å². The fraction of sp³-hybridized carbons (Fsp3) is 0.250. The number of aromatic nitrogens is 1. The second kappa shape index (κ2) is 11.0. The van der Waals surface area contributed by atoms with Gasteiger partial charge in [0, 0.05) is 39.6 Å². The van der Waals surface area contributed by atoms with Gasteiger partial charge in [-0.2, -0.15) is 0 Å². The zero-order chi connectivity index (χ0) is 25.9. The number of aliphatic hydroxyl groups excluding tert-OH is 2. The molecule has 0 saturated heterocycles. The van der Waals surface area contributed by atoms with E-state index in [1.54, 1.807) is 29.2 Å². The van der Waals surface area contributed by atoms with Gasteiger partial charge in [0.05, 0.1) is 19.3 Å². The zero-order valence-electron chi connectivity index (χ0n) is 19.9. The summed E-state index contributed by atoms with van der Waals surface area (Å²) in [6.07, 6.45) is -0.300. The molecular weight excluding hydrogens is 515 g/mol. The van der Waals surface area contributed by atoms with Crippen LogP contribution in [0.1, 0.15) is 29.3 Å². The minimum Gasteiger partial charge on any atom is -0.493 e. The molecule has 7 nitrogen and oxygen atoms in total. The SMILES string of the molecule is O=C(Oc1ccc(Cl)cc1)N1CCc2c([nH]c3ccc(Cl)cc23)[C@H]1c1ccc(OCC[C@H](O)CO)cc1. The molecule has 0 saturated carbocycles. The summed E-state index contributed by atoms with van der Waals surface area (Å²) in [4.78, 5) is 18.6. The molecule has 0 spiro atoms. The van der Waals surface area contributed by atoms with Crippen molar-refractivity contribution in [1.29, 1.82) is 0 Å². The maximum Gasteiger partial charge on any atom is 0.416 e. The minimum absolute atomic E-state index is 0.275. The molecule has 1 aliphatic heterocycles. The van der Waals surface area contributed by atoms with Gasteiger partial charge in [-0.3, -0.25) is 4.90 Å². The normalized spacial score (nSPS) is 15.9. The lowest BCUT2D eigenvalue weighted by molar-refractivity contribution is 0.0754. The van der Waals surface area contributed by atoms with E-state index >= 15 is 0 Å². The van der Waals surface area contributed by atoms with E-state index in [0.717, 1.165) is 27.7 Å². The van der Waals surface area contributed by atoms with E-state index in [1.165, 1.54) is 0 Å². The van der Waals surface area contributed by atoms with Crippen molar-refractivity contribution in [2.75, 3.05) is 19.8 Å². The van der Waals surface area contributed by atoms with Gasteiger partial charge in [-0.25, -0.2) is 4.79 Å². The average Bonchev–Trinajstić information content (AvgIpc) is 3.27. The second-order valence-corrected chi connectivity index (χ2v) is 9.79. The largest absolute Gasteiger partial charge is 0.493 e. The fourth-order valence-corrected chi connectivity index (χ4v) is 4.91. The van der Waals surface area contributed by atoms with Crippen LogP contribution < -0.4 is 9.47 Å². The van der Waals surface area contributed by atoms with E-state index in [2.05, 4.69) is 4.98 Å². The molecule has 5 rings (SSSR count). The lowest BCUT2D eigenvalue weighted by atomic mass is 9.92. The summed E-state index contributed by atoms with van der Waals surface area (Å²) in [6.45, 7) is 0.432. The number of amides is 1. The van der Waals surface area contributed by atoms with Crippen molar-refractivity contribution < 1.29 is 24.5 Å². The third kappa shape index (κ3) is 5.55. The number of aliphatic hydroxyl groups is 2. The number of hydrogen-bond acceptors (Lipinski definition) is 5. The van der Waals surface area contributed by atoms with Gasteiger partial charge in [0.1, 0.15) is 17.5 Å². The molecule has 1 aromatic heterocycles. The van der Waals surface area contributed by atoms with E-state index in [0.29, 0.717) is 40.9 Å². The Morgan fingerprint density at radius 1 is 1.03 bits per heavy atom. The highest BCUT2D eigenvalue weighted by molar-refractivity contribution is 6.31. The average molecular weight is 541 g/mol. The van der Waals surface area contributed by atoms with Gasteiger partial charge in [-0.1, -0.05) is 35.3 Å². The summed E-state index contributed by atoms with van der Waals surface area (Å²) in [5.74, 6) is 1.04. The first-order valence-corrected chi connectivity index (χ1v) is 12.7. The quantitative estimate of drug-likeness (QED) is 0.277. The highest BCUT2D eigenvalue weighted by Crippen LogP contribution is 2.40. The van der Waals surface area contributed by atoms with E-state index in [4.69, 9.17) is 37.8 Å². The standard InChI is InChI=1S/C28H26Cl2N2O5/c29-18-3-8-22(9-4-18)37-28(35)32-13-11-23-24-15-19(30)5-10-25(24)31-26(23)27(32)17-1-6-21(7-2-17)36-14-12-20(34)16-33/h1-10,15,20,27,31,33-34H,11-14,16H2/t20-,27+/m0/s1. The number of carbonyl (C=O) groups excluding carboxylic acids is 1. The van der Waals surface area contributed by atoms with E-state index in [1.807, 2.05) is 42.5 Å². The summed E-state index contributed by atoms with van der Waals surface area (Å²) >= 11 is 12.3. The van der Waals surface area contributed by atoms with E-state index in [-0.39, 0.29) is 13.2 Å². The summed E-state index contributed by atoms with van der Waals surface area (Å²) < 4.78 is 11.4. The molecule has 1 aliphatic rings. The lowest BCUT2D eigenvalue weighted by Gasteiger charge is -2.35. The van der Waals surface area contributed by atoms with Crippen LogP contribution in [0.4, 0.5) is 4.79 Å². The molecule has 1 amide bonds. The van der Waals surface area contributed by atoms with E-state index in [9.17, 15) is 9.90 Å². The maximum absolute atomic E-state index is 13.4. The monoisotopic (exact) mass is 540 g/mol. The number of nitrogens with one attached hydrogen (secondary N) is 1. The molecule has 9 heteroatoms. The fourth-order valence-electron chi connectivity index (χ4n) is 4.62. The number of hydrogen-bond donors (Lipinski definition) is 3. The number of rotatable bonds is 7. The van der Waals surface area contributed by atoms with Crippen LogP contribution in [0.25, 0.3) is 10.9 Å². The van der Waals surface area contributed by atoms with Gasteiger partial charge in [0.15, 0.2) is 0 Å². The third-order valence-corrected chi connectivity index (χ3v) is 6.96. The molecule has 0 fully saturated rings. The van der Waals surface area contributed by atoms with Crippen LogP contribution in [-0.4, -0.2) is 52.1 Å². The Balaban J connectivity index is 1.46. The molecule has 0 aliphatic carbocycles. The molecule has 37 heavy (non-hydrogen) atoms. The van der Waals surface area contributed by atoms with Crippen molar-refractivity contribution in [3.05, 3.63) is 93.6 Å². The van der Waals surface area contributed by atoms with Crippen LogP contribution in [0.5, 0.6) is 11.5 Å². The summed E-state index contributed by atoms with van der Waals surface area (Å²) in [7, 11) is 0. The van der Waals surface area contributed by atoms with Crippen molar-refractivity contribution >= 4 is 40.2 Å². The van der Waals surface area contributed by atoms with Crippen LogP contribution >= 0.6 is 23.2 Å². The molecule has 2 atom stereocenters. The van der Waals surface area contributed by atoms with E-state index < -0.39 is 18.2 Å². The Hall–Kier alpha value is -3.23. The number of aromatic amines is 1. The number of fused-ring (bicyclic) bond motifs is 3. The molecule has 192 valence electrons. The lowest BCUT2D eigenvalue weighted by Crippen LogP contribution is -2.42. The Morgan fingerprint density at radius 2 is 1.73 bits per heavy atom. The Kier molecular flexibility index (Phi) is 7.58. The molecular formula is C28H26Cl2N2O5. The summed E-state index contributed by atoms with van der Waals surface area (Å²) in [6, 6.07) is 19.5. The number of halogens is 2. The molecule has 0 radical (unpaired) electrons. The molecule has 3 N–H and O–H groups in total. The molecule has 3 aromatic carbocycles. The maximum atomic E-state index is 13.4. The highest BCUT2D eigenvalue weighted by atomic mass is 35.5. The molecule has 2 heterocycles.